The number of nitrogens with zero attached hydrogens (tertiary/aromatic N) is 1. The first-order valence-corrected chi connectivity index (χ1v) is 6.28. The van der Waals surface area contributed by atoms with Crippen molar-refractivity contribution in [2.45, 2.75) is 19.3 Å². The summed E-state index contributed by atoms with van der Waals surface area (Å²) in [4.78, 5) is 13.4. The van der Waals surface area contributed by atoms with Crippen LogP contribution in [0, 0.1) is 0 Å². The normalized spacial score (nSPS) is 14.5. The van der Waals surface area contributed by atoms with Crippen molar-refractivity contribution >= 4 is 11.6 Å². The predicted molar refractivity (Wildman–Crippen MR) is 71.6 cm³/mol. The van der Waals surface area contributed by atoms with E-state index in [4.69, 9.17) is 4.74 Å². The van der Waals surface area contributed by atoms with Gasteiger partial charge in [0, 0.05) is 25.8 Å². The van der Waals surface area contributed by atoms with Crippen molar-refractivity contribution in [3.63, 3.8) is 0 Å². The number of amides is 1. The highest BCUT2D eigenvalue weighted by Gasteiger charge is 2.14. The number of hydrogen-bond acceptors (Lipinski definition) is 3. The van der Waals surface area contributed by atoms with Crippen LogP contribution < -0.4 is 5.32 Å². The zero-order valence-electron chi connectivity index (χ0n) is 11.0. The van der Waals surface area contributed by atoms with E-state index in [1.165, 1.54) is 11.1 Å². The van der Waals surface area contributed by atoms with Gasteiger partial charge in [-0.3, -0.25) is 9.69 Å². The Labute approximate surface area is 108 Å². The molecule has 4 heteroatoms. The van der Waals surface area contributed by atoms with Gasteiger partial charge in [-0.05, 0) is 37.1 Å². The van der Waals surface area contributed by atoms with Gasteiger partial charge in [-0.1, -0.05) is 12.1 Å². The van der Waals surface area contributed by atoms with Crippen molar-refractivity contribution in [2.24, 2.45) is 0 Å². The average Bonchev–Trinajstić information content (AvgIpc) is 2.36. The summed E-state index contributed by atoms with van der Waals surface area (Å²) in [5.41, 5.74) is 3.54. The minimum Gasteiger partial charge on any atom is -0.369 e. The maximum atomic E-state index is 11.3. The maximum Gasteiger partial charge on any atom is 0.224 e. The molecule has 0 fully saturated rings. The van der Waals surface area contributed by atoms with Gasteiger partial charge in [0.05, 0.1) is 6.73 Å². The highest BCUT2D eigenvalue weighted by atomic mass is 16.5. The Morgan fingerprint density at radius 2 is 2.22 bits per heavy atom. The summed E-state index contributed by atoms with van der Waals surface area (Å²) in [7, 11) is 3.75. The average molecular weight is 248 g/mol. The Hall–Kier alpha value is -1.39. The van der Waals surface area contributed by atoms with E-state index >= 15 is 0 Å². The molecule has 0 atom stereocenters. The number of nitrogens with one attached hydrogen (secondary N) is 1. The van der Waals surface area contributed by atoms with Crippen molar-refractivity contribution < 1.29 is 9.53 Å². The molecule has 0 saturated carbocycles. The summed E-state index contributed by atoms with van der Waals surface area (Å²) < 4.78 is 5.07. The number of rotatable bonds is 5. The third kappa shape index (κ3) is 3.31. The molecule has 1 heterocycles. The lowest BCUT2D eigenvalue weighted by Crippen LogP contribution is -2.23. The van der Waals surface area contributed by atoms with Crippen LogP contribution in [0.2, 0.25) is 0 Å². The summed E-state index contributed by atoms with van der Waals surface area (Å²) in [6.07, 6.45) is 2.45. The lowest BCUT2D eigenvalue weighted by atomic mass is 9.99. The largest absolute Gasteiger partial charge is 0.369 e. The van der Waals surface area contributed by atoms with Crippen molar-refractivity contribution in [3.8, 4) is 0 Å². The van der Waals surface area contributed by atoms with Gasteiger partial charge in [-0.25, -0.2) is 0 Å². The molecule has 0 spiro atoms. The standard InChI is InChI=1S/C14H20N2O2/c1-16(10-18-2)8-7-11-3-5-13-12(9-11)4-6-14(17)15-13/h3,5,9H,4,6-8,10H2,1-2H3,(H,15,17). The van der Waals surface area contributed by atoms with Gasteiger partial charge in [0.1, 0.15) is 0 Å². The Balaban J connectivity index is 1.97. The van der Waals surface area contributed by atoms with E-state index in [0.29, 0.717) is 13.2 Å². The molecule has 18 heavy (non-hydrogen) atoms. The number of carbonyl (C=O) groups is 1. The lowest BCUT2D eigenvalue weighted by molar-refractivity contribution is -0.116. The molecule has 0 unspecified atom stereocenters. The number of carbonyl (C=O) groups excluding carboxylic acids is 1. The van der Waals surface area contributed by atoms with Gasteiger partial charge >= 0.3 is 0 Å². The monoisotopic (exact) mass is 248 g/mol. The first kappa shape index (κ1) is 13.1. The number of fused-ring (bicyclic) bond motifs is 1. The fourth-order valence-electron chi connectivity index (χ4n) is 2.20. The molecule has 2 rings (SSSR count). The van der Waals surface area contributed by atoms with Crippen LogP contribution in [0.25, 0.3) is 0 Å². The molecule has 4 nitrogen and oxygen atoms in total. The second-order valence-electron chi connectivity index (χ2n) is 4.79. The molecular weight excluding hydrogens is 228 g/mol. The van der Waals surface area contributed by atoms with Crippen LogP contribution in [0.5, 0.6) is 0 Å². The molecule has 0 saturated heterocycles. The highest BCUT2D eigenvalue weighted by molar-refractivity contribution is 5.93. The molecule has 1 aliphatic heterocycles. The number of benzene rings is 1. The minimum absolute atomic E-state index is 0.120. The molecule has 1 aromatic rings. The molecule has 0 aromatic heterocycles. The Kier molecular flexibility index (Phi) is 4.33. The van der Waals surface area contributed by atoms with Crippen molar-refractivity contribution in [1.82, 2.24) is 4.90 Å². The number of likely N-dealkylation sites (N-methyl/N-ethyl adjacent to an activating group) is 1. The number of ether oxygens (including phenoxy) is 1. The summed E-state index contributed by atoms with van der Waals surface area (Å²) in [6, 6.07) is 6.30. The van der Waals surface area contributed by atoms with Gasteiger partial charge in [0.2, 0.25) is 5.91 Å². The number of aryl methyl sites for hydroxylation is 1. The third-order valence-corrected chi connectivity index (χ3v) is 3.20. The van der Waals surface area contributed by atoms with Crippen LogP contribution in [-0.2, 0) is 22.4 Å². The molecule has 0 bridgehead atoms. The van der Waals surface area contributed by atoms with E-state index in [1.54, 1.807) is 7.11 Å². The van der Waals surface area contributed by atoms with Crippen molar-refractivity contribution in [1.29, 1.82) is 0 Å². The summed E-state index contributed by atoms with van der Waals surface area (Å²) in [6.45, 7) is 1.62. The summed E-state index contributed by atoms with van der Waals surface area (Å²) >= 11 is 0. The lowest BCUT2D eigenvalue weighted by Gasteiger charge is -2.19. The Morgan fingerprint density at radius 1 is 1.39 bits per heavy atom. The first-order valence-electron chi connectivity index (χ1n) is 6.28. The minimum atomic E-state index is 0.120. The molecule has 1 aromatic carbocycles. The molecule has 0 aliphatic carbocycles. The van der Waals surface area contributed by atoms with E-state index in [1.807, 2.05) is 13.1 Å². The van der Waals surface area contributed by atoms with Gasteiger partial charge in [-0.2, -0.15) is 0 Å². The quantitative estimate of drug-likeness (QED) is 0.806. The SMILES string of the molecule is COCN(C)CCc1ccc2c(c1)CCC(=O)N2. The fourth-order valence-corrected chi connectivity index (χ4v) is 2.20. The van der Waals surface area contributed by atoms with Gasteiger partial charge < -0.3 is 10.1 Å². The zero-order chi connectivity index (χ0) is 13.0. The van der Waals surface area contributed by atoms with E-state index in [9.17, 15) is 4.79 Å². The van der Waals surface area contributed by atoms with Gasteiger partial charge in [0.15, 0.2) is 0 Å². The molecule has 1 N–H and O–H groups in total. The van der Waals surface area contributed by atoms with Crippen LogP contribution in [0.3, 0.4) is 0 Å². The smallest absolute Gasteiger partial charge is 0.224 e. The van der Waals surface area contributed by atoms with Crippen LogP contribution in [0.1, 0.15) is 17.5 Å². The summed E-state index contributed by atoms with van der Waals surface area (Å²) in [5.74, 6) is 0.120. The number of methoxy groups -OCH3 is 1. The van der Waals surface area contributed by atoms with E-state index < -0.39 is 0 Å². The Morgan fingerprint density at radius 3 is 3.00 bits per heavy atom. The fraction of sp³-hybridized carbons (Fsp3) is 0.500. The molecule has 98 valence electrons. The van der Waals surface area contributed by atoms with E-state index in [2.05, 4.69) is 22.3 Å². The second-order valence-corrected chi connectivity index (χ2v) is 4.79. The predicted octanol–water partition coefficient (Wildman–Crippen LogP) is 1.65. The zero-order valence-corrected chi connectivity index (χ0v) is 11.0. The maximum absolute atomic E-state index is 11.3. The van der Waals surface area contributed by atoms with Crippen molar-refractivity contribution in [2.75, 3.05) is 32.7 Å². The van der Waals surface area contributed by atoms with Gasteiger partial charge in [0.25, 0.3) is 0 Å². The molecular formula is C14H20N2O2. The van der Waals surface area contributed by atoms with Gasteiger partial charge in [-0.15, -0.1) is 0 Å². The third-order valence-electron chi connectivity index (χ3n) is 3.20. The van der Waals surface area contributed by atoms with Crippen LogP contribution >= 0.6 is 0 Å². The van der Waals surface area contributed by atoms with Crippen LogP contribution in [-0.4, -0.2) is 38.2 Å². The molecule has 1 amide bonds. The second kappa shape index (κ2) is 5.98. The molecule has 0 radical (unpaired) electrons. The highest BCUT2D eigenvalue weighted by Crippen LogP contribution is 2.23. The Bertz CT molecular complexity index is 432. The van der Waals surface area contributed by atoms with E-state index in [0.717, 1.165) is 25.1 Å². The van der Waals surface area contributed by atoms with Crippen LogP contribution in [0.15, 0.2) is 18.2 Å². The van der Waals surface area contributed by atoms with E-state index in [-0.39, 0.29) is 5.91 Å². The number of hydrogen-bond donors (Lipinski definition) is 1. The molecule has 1 aliphatic rings. The first-order chi connectivity index (χ1) is 8.69. The topological polar surface area (TPSA) is 41.6 Å². The number of anilines is 1. The van der Waals surface area contributed by atoms with Crippen molar-refractivity contribution in [3.05, 3.63) is 29.3 Å². The van der Waals surface area contributed by atoms with Crippen LogP contribution in [0.4, 0.5) is 5.69 Å². The summed E-state index contributed by atoms with van der Waals surface area (Å²) in [5, 5.41) is 2.90.